The smallest absolute Gasteiger partial charge is 0.261 e. The third kappa shape index (κ3) is 6.66. The molecule has 3 N–H and O–H groups in total. The molecule has 35 heavy (non-hydrogen) atoms. The topological polar surface area (TPSA) is 122 Å². The highest BCUT2D eigenvalue weighted by Crippen LogP contribution is 2.38. The average molecular weight is 482 g/mol. The zero-order valence-electron chi connectivity index (χ0n) is 20.6. The molecule has 2 aromatic carbocycles. The number of methoxy groups -OCH3 is 3. The van der Waals surface area contributed by atoms with Crippen molar-refractivity contribution >= 4 is 11.7 Å². The van der Waals surface area contributed by atoms with E-state index in [1.54, 1.807) is 12.1 Å². The number of nitrogens with zero attached hydrogens (tertiary/aromatic N) is 3. The SMILES string of the molecule is COc1cc(CNC(=O)CO/N=C(/N)c2cccc(Cn3nc(C)cc3C)c2)cc(OC)c1OC. The lowest BCUT2D eigenvalue weighted by Gasteiger charge is -2.14. The lowest BCUT2D eigenvalue weighted by molar-refractivity contribution is -0.125. The maximum absolute atomic E-state index is 12.2. The largest absolute Gasteiger partial charge is 0.493 e. The van der Waals surface area contributed by atoms with Gasteiger partial charge in [0.15, 0.2) is 23.9 Å². The molecule has 0 aliphatic rings. The molecule has 0 unspecified atom stereocenters. The minimum atomic E-state index is -0.353. The van der Waals surface area contributed by atoms with Crippen molar-refractivity contribution in [3.05, 3.63) is 70.5 Å². The fraction of sp³-hybridized carbons (Fsp3) is 0.320. The predicted molar refractivity (Wildman–Crippen MR) is 132 cm³/mol. The van der Waals surface area contributed by atoms with Gasteiger partial charge in [-0.05, 0) is 49.2 Å². The maximum Gasteiger partial charge on any atom is 0.261 e. The van der Waals surface area contributed by atoms with Gasteiger partial charge in [0.2, 0.25) is 5.75 Å². The van der Waals surface area contributed by atoms with Gasteiger partial charge in [-0.15, -0.1) is 0 Å². The summed E-state index contributed by atoms with van der Waals surface area (Å²) in [6.07, 6.45) is 0. The summed E-state index contributed by atoms with van der Waals surface area (Å²) in [5.41, 5.74) is 10.6. The van der Waals surface area contributed by atoms with Crippen LogP contribution in [0, 0.1) is 13.8 Å². The van der Waals surface area contributed by atoms with Crippen molar-refractivity contribution < 1.29 is 23.8 Å². The Bertz CT molecular complexity index is 1180. The fourth-order valence-electron chi connectivity index (χ4n) is 3.54. The molecule has 0 fully saturated rings. The molecule has 0 aliphatic carbocycles. The first-order chi connectivity index (χ1) is 16.8. The van der Waals surface area contributed by atoms with Gasteiger partial charge in [-0.3, -0.25) is 9.48 Å². The lowest BCUT2D eigenvalue weighted by Crippen LogP contribution is -2.27. The summed E-state index contributed by atoms with van der Waals surface area (Å²) in [5.74, 6) is 1.32. The van der Waals surface area contributed by atoms with Crippen LogP contribution in [-0.2, 0) is 22.7 Å². The molecule has 1 amide bonds. The number of aryl methyl sites for hydroxylation is 2. The van der Waals surface area contributed by atoms with Crippen LogP contribution in [0.5, 0.6) is 17.2 Å². The van der Waals surface area contributed by atoms with Gasteiger partial charge in [-0.1, -0.05) is 23.4 Å². The first-order valence-electron chi connectivity index (χ1n) is 11.0. The second-order valence-corrected chi connectivity index (χ2v) is 7.85. The summed E-state index contributed by atoms with van der Waals surface area (Å²) in [5, 5.41) is 11.1. The number of carbonyl (C=O) groups excluding carboxylic acids is 1. The zero-order chi connectivity index (χ0) is 25.4. The molecule has 3 aromatic rings. The molecular formula is C25H31N5O5. The summed E-state index contributed by atoms with van der Waals surface area (Å²) in [6, 6.07) is 13.2. The quantitative estimate of drug-likeness (QED) is 0.245. The van der Waals surface area contributed by atoms with E-state index in [0.717, 1.165) is 22.5 Å². The molecule has 0 spiro atoms. The number of carbonyl (C=O) groups is 1. The van der Waals surface area contributed by atoms with Crippen LogP contribution in [0.4, 0.5) is 0 Å². The molecule has 0 aliphatic heterocycles. The number of ether oxygens (including phenoxy) is 3. The summed E-state index contributed by atoms with van der Waals surface area (Å²) >= 11 is 0. The van der Waals surface area contributed by atoms with E-state index in [0.29, 0.717) is 29.4 Å². The zero-order valence-corrected chi connectivity index (χ0v) is 20.6. The first kappa shape index (κ1) is 25.4. The van der Waals surface area contributed by atoms with Crippen molar-refractivity contribution in [1.29, 1.82) is 0 Å². The molecule has 186 valence electrons. The number of aromatic nitrogens is 2. The predicted octanol–water partition coefficient (Wildman–Crippen LogP) is 2.53. The van der Waals surface area contributed by atoms with E-state index in [1.165, 1.54) is 21.3 Å². The second kappa shape index (κ2) is 11.8. The number of benzene rings is 2. The fourth-order valence-corrected chi connectivity index (χ4v) is 3.54. The van der Waals surface area contributed by atoms with E-state index in [-0.39, 0.29) is 24.9 Å². The third-order valence-corrected chi connectivity index (χ3v) is 5.23. The van der Waals surface area contributed by atoms with Gasteiger partial charge in [-0.2, -0.15) is 5.10 Å². The number of amidine groups is 1. The van der Waals surface area contributed by atoms with Crippen LogP contribution in [0.1, 0.15) is 28.1 Å². The lowest BCUT2D eigenvalue weighted by atomic mass is 10.1. The van der Waals surface area contributed by atoms with E-state index in [9.17, 15) is 4.79 Å². The Labute approximate surface area is 204 Å². The summed E-state index contributed by atoms with van der Waals surface area (Å²) in [7, 11) is 4.60. The van der Waals surface area contributed by atoms with Crippen molar-refractivity contribution in [3.8, 4) is 17.2 Å². The van der Waals surface area contributed by atoms with Gasteiger partial charge in [0.05, 0.1) is 33.6 Å². The van der Waals surface area contributed by atoms with Crippen LogP contribution < -0.4 is 25.3 Å². The number of rotatable bonds is 11. The standard InChI is InChI=1S/C25H31N5O5/c1-16-9-17(2)30(28-16)14-18-7-6-8-20(10-18)25(26)29-35-15-23(31)27-13-19-11-21(32-3)24(34-5)22(12-19)33-4/h6-12H,13-15H2,1-5H3,(H2,26,29)(H,27,31). The molecular weight excluding hydrogens is 450 g/mol. The summed E-state index contributed by atoms with van der Waals surface area (Å²) < 4.78 is 17.9. The van der Waals surface area contributed by atoms with Gasteiger partial charge in [-0.25, -0.2) is 0 Å². The van der Waals surface area contributed by atoms with Crippen LogP contribution in [0.15, 0.2) is 47.6 Å². The van der Waals surface area contributed by atoms with Gasteiger partial charge < -0.3 is 30.1 Å². The second-order valence-electron chi connectivity index (χ2n) is 7.85. The van der Waals surface area contributed by atoms with E-state index in [4.69, 9.17) is 24.8 Å². The van der Waals surface area contributed by atoms with Gasteiger partial charge in [0, 0.05) is 17.8 Å². The van der Waals surface area contributed by atoms with Crippen molar-refractivity contribution in [3.63, 3.8) is 0 Å². The Morgan fingerprint density at radius 2 is 1.74 bits per heavy atom. The van der Waals surface area contributed by atoms with E-state index in [2.05, 4.69) is 15.6 Å². The number of hydrogen-bond acceptors (Lipinski definition) is 7. The Kier molecular flexibility index (Phi) is 8.55. The number of amides is 1. The normalized spacial score (nSPS) is 11.2. The molecule has 10 heteroatoms. The average Bonchev–Trinajstić information content (AvgIpc) is 3.17. The molecule has 1 heterocycles. The molecule has 3 rings (SSSR count). The molecule has 0 atom stereocenters. The van der Waals surface area contributed by atoms with Crippen molar-refractivity contribution in [2.24, 2.45) is 10.9 Å². The molecule has 0 saturated carbocycles. The van der Waals surface area contributed by atoms with Gasteiger partial charge >= 0.3 is 0 Å². The summed E-state index contributed by atoms with van der Waals surface area (Å²) in [4.78, 5) is 17.4. The molecule has 0 radical (unpaired) electrons. The minimum absolute atomic E-state index is 0.178. The monoisotopic (exact) mass is 481 g/mol. The van der Waals surface area contributed by atoms with Crippen LogP contribution in [0.25, 0.3) is 0 Å². The van der Waals surface area contributed by atoms with E-state index >= 15 is 0 Å². The first-order valence-corrected chi connectivity index (χ1v) is 11.0. The van der Waals surface area contributed by atoms with E-state index in [1.807, 2.05) is 48.9 Å². The molecule has 0 saturated heterocycles. The third-order valence-electron chi connectivity index (χ3n) is 5.23. The van der Waals surface area contributed by atoms with Crippen LogP contribution in [0.3, 0.4) is 0 Å². The van der Waals surface area contributed by atoms with Crippen LogP contribution >= 0.6 is 0 Å². The number of nitrogens with two attached hydrogens (primary N) is 1. The van der Waals surface area contributed by atoms with Gasteiger partial charge in [0.1, 0.15) is 0 Å². The van der Waals surface area contributed by atoms with E-state index < -0.39 is 0 Å². The Balaban J connectivity index is 1.55. The Morgan fingerprint density at radius 1 is 1.03 bits per heavy atom. The van der Waals surface area contributed by atoms with Crippen LogP contribution in [-0.4, -0.2) is 49.5 Å². The maximum atomic E-state index is 12.2. The van der Waals surface area contributed by atoms with Crippen molar-refractivity contribution in [2.75, 3.05) is 27.9 Å². The number of hydrogen-bond donors (Lipinski definition) is 2. The van der Waals surface area contributed by atoms with Crippen molar-refractivity contribution in [1.82, 2.24) is 15.1 Å². The molecule has 0 bridgehead atoms. The molecule has 1 aromatic heterocycles. The molecule has 10 nitrogen and oxygen atoms in total. The van der Waals surface area contributed by atoms with Crippen LogP contribution in [0.2, 0.25) is 0 Å². The highest BCUT2D eigenvalue weighted by molar-refractivity contribution is 5.97. The van der Waals surface area contributed by atoms with Crippen molar-refractivity contribution in [2.45, 2.75) is 26.9 Å². The minimum Gasteiger partial charge on any atom is -0.493 e. The Morgan fingerprint density at radius 3 is 2.34 bits per heavy atom. The Hall–Kier alpha value is -4.21. The highest BCUT2D eigenvalue weighted by Gasteiger charge is 2.14. The van der Waals surface area contributed by atoms with Gasteiger partial charge in [0.25, 0.3) is 5.91 Å². The summed E-state index contributed by atoms with van der Waals surface area (Å²) in [6.45, 7) is 4.55. The number of oxime groups is 1. The number of nitrogens with one attached hydrogen (secondary N) is 1. The highest BCUT2D eigenvalue weighted by atomic mass is 16.6.